The van der Waals surface area contributed by atoms with Crippen LogP contribution in [-0.2, 0) is 22.7 Å². The Bertz CT molecular complexity index is 839. The molecule has 3 N–H and O–H groups in total. The van der Waals surface area contributed by atoms with Crippen LogP contribution in [-0.4, -0.2) is 47.8 Å². The lowest BCUT2D eigenvalue weighted by Gasteiger charge is -2.29. The molecule has 4 atom stereocenters. The van der Waals surface area contributed by atoms with E-state index in [0.29, 0.717) is 30.5 Å². The van der Waals surface area contributed by atoms with Crippen molar-refractivity contribution in [3.63, 3.8) is 0 Å². The molecular formula is C21H26N4O3. The van der Waals surface area contributed by atoms with Gasteiger partial charge in [-0.25, -0.2) is 0 Å². The van der Waals surface area contributed by atoms with Gasteiger partial charge in [0.05, 0.1) is 0 Å². The molecule has 3 heterocycles. The number of carbonyl (C=O) groups is 3. The Balaban J connectivity index is 1.26. The van der Waals surface area contributed by atoms with Gasteiger partial charge in [0.1, 0.15) is 6.04 Å². The smallest absolute Gasteiger partial charge is 0.255 e. The van der Waals surface area contributed by atoms with Crippen LogP contribution in [0.25, 0.3) is 0 Å². The summed E-state index contributed by atoms with van der Waals surface area (Å²) in [5.74, 6) is 0.774. The van der Waals surface area contributed by atoms with E-state index in [4.69, 9.17) is 0 Å². The highest BCUT2D eigenvalue weighted by atomic mass is 16.2. The lowest BCUT2D eigenvalue weighted by atomic mass is 9.99. The summed E-state index contributed by atoms with van der Waals surface area (Å²) in [5.41, 5.74) is 2.75. The quantitative estimate of drug-likeness (QED) is 0.661. The van der Waals surface area contributed by atoms with E-state index in [-0.39, 0.29) is 24.1 Å². The molecule has 7 heteroatoms. The first kappa shape index (κ1) is 17.8. The van der Waals surface area contributed by atoms with Crippen molar-refractivity contribution in [3.05, 3.63) is 34.9 Å². The maximum atomic E-state index is 12.9. The number of amides is 3. The monoisotopic (exact) mass is 382 g/mol. The van der Waals surface area contributed by atoms with E-state index in [0.717, 1.165) is 36.7 Å². The van der Waals surface area contributed by atoms with E-state index in [1.807, 2.05) is 12.1 Å². The summed E-state index contributed by atoms with van der Waals surface area (Å²) >= 11 is 0. The zero-order chi connectivity index (χ0) is 19.3. The van der Waals surface area contributed by atoms with Crippen molar-refractivity contribution in [1.29, 1.82) is 0 Å². The zero-order valence-corrected chi connectivity index (χ0v) is 15.9. The van der Waals surface area contributed by atoms with Crippen LogP contribution in [0, 0.1) is 11.8 Å². The van der Waals surface area contributed by atoms with Crippen molar-refractivity contribution in [2.45, 2.75) is 50.9 Å². The van der Waals surface area contributed by atoms with Gasteiger partial charge in [-0.1, -0.05) is 12.1 Å². The SMILES string of the molecule is O=C1CCC(N2Cc3ccc(CN[C@@H]4C[C@H]5CNC[C@@H]4C5)cc3C2=O)C(=O)N1. The van der Waals surface area contributed by atoms with Crippen molar-refractivity contribution in [2.75, 3.05) is 13.1 Å². The summed E-state index contributed by atoms with van der Waals surface area (Å²) in [5, 5.41) is 9.56. The molecule has 1 unspecified atom stereocenters. The minimum Gasteiger partial charge on any atom is -0.322 e. The highest BCUT2D eigenvalue weighted by molar-refractivity contribution is 6.05. The topological polar surface area (TPSA) is 90.5 Å². The van der Waals surface area contributed by atoms with Gasteiger partial charge in [-0.05, 0) is 61.4 Å². The van der Waals surface area contributed by atoms with Crippen LogP contribution in [0.15, 0.2) is 18.2 Å². The molecule has 1 saturated carbocycles. The van der Waals surface area contributed by atoms with Gasteiger partial charge in [0.15, 0.2) is 0 Å². The second-order valence-corrected chi connectivity index (χ2v) is 8.63. The Morgan fingerprint density at radius 2 is 2.04 bits per heavy atom. The van der Waals surface area contributed by atoms with E-state index in [1.165, 1.54) is 12.8 Å². The fraction of sp³-hybridized carbons (Fsp3) is 0.571. The molecule has 3 fully saturated rings. The molecule has 1 aromatic rings. The second kappa shape index (κ2) is 6.97. The summed E-state index contributed by atoms with van der Waals surface area (Å²) in [6.07, 6.45) is 3.22. The number of benzene rings is 1. The van der Waals surface area contributed by atoms with Gasteiger partial charge in [-0.3, -0.25) is 19.7 Å². The Hall–Kier alpha value is -2.25. The molecule has 2 bridgehead atoms. The Labute approximate surface area is 164 Å². The van der Waals surface area contributed by atoms with Crippen LogP contribution in [0.4, 0.5) is 0 Å². The number of carbonyl (C=O) groups excluding carboxylic acids is 3. The fourth-order valence-electron chi connectivity index (χ4n) is 5.32. The van der Waals surface area contributed by atoms with Gasteiger partial charge in [-0.2, -0.15) is 0 Å². The van der Waals surface area contributed by atoms with E-state index in [9.17, 15) is 14.4 Å². The molecular weight excluding hydrogens is 356 g/mol. The summed E-state index contributed by atoms with van der Waals surface area (Å²) in [4.78, 5) is 38.1. The lowest BCUT2D eigenvalue weighted by molar-refractivity contribution is -0.136. The molecule has 5 rings (SSSR count). The molecule has 148 valence electrons. The first-order valence-corrected chi connectivity index (χ1v) is 10.3. The normalized spacial score (nSPS) is 31.9. The first-order chi connectivity index (χ1) is 13.6. The molecule has 28 heavy (non-hydrogen) atoms. The van der Waals surface area contributed by atoms with E-state index in [1.54, 1.807) is 4.90 Å². The summed E-state index contributed by atoms with van der Waals surface area (Å²) in [6, 6.07) is 6.04. The van der Waals surface area contributed by atoms with Crippen molar-refractivity contribution >= 4 is 17.7 Å². The predicted molar refractivity (Wildman–Crippen MR) is 102 cm³/mol. The number of nitrogens with one attached hydrogen (secondary N) is 3. The molecule has 1 aromatic carbocycles. The third-order valence-corrected chi connectivity index (χ3v) is 6.79. The van der Waals surface area contributed by atoms with Crippen molar-refractivity contribution in [1.82, 2.24) is 20.9 Å². The van der Waals surface area contributed by atoms with Crippen LogP contribution < -0.4 is 16.0 Å². The second-order valence-electron chi connectivity index (χ2n) is 8.63. The number of piperidine rings is 2. The molecule has 1 aliphatic carbocycles. The van der Waals surface area contributed by atoms with Gasteiger partial charge in [0.25, 0.3) is 5.91 Å². The summed E-state index contributed by atoms with van der Waals surface area (Å²) in [7, 11) is 0. The van der Waals surface area contributed by atoms with E-state index in [2.05, 4.69) is 22.0 Å². The molecule has 7 nitrogen and oxygen atoms in total. The zero-order valence-electron chi connectivity index (χ0n) is 15.9. The third-order valence-electron chi connectivity index (χ3n) is 6.79. The van der Waals surface area contributed by atoms with Gasteiger partial charge >= 0.3 is 0 Å². The van der Waals surface area contributed by atoms with E-state index < -0.39 is 6.04 Å². The molecule has 2 saturated heterocycles. The first-order valence-electron chi connectivity index (χ1n) is 10.3. The molecule has 0 spiro atoms. The van der Waals surface area contributed by atoms with Gasteiger partial charge in [0.2, 0.25) is 11.8 Å². The number of fused-ring (bicyclic) bond motifs is 3. The predicted octanol–water partition coefficient (Wildman–Crippen LogP) is 0.535. The number of hydrogen-bond donors (Lipinski definition) is 3. The highest BCUT2D eigenvalue weighted by Crippen LogP contribution is 2.34. The number of imide groups is 1. The fourth-order valence-corrected chi connectivity index (χ4v) is 5.32. The Morgan fingerprint density at radius 3 is 2.86 bits per heavy atom. The van der Waals surface area contributed by atoms with Crippen LogP contribution in [0.3, 0.4) is 0 Å². The highest BCUT2D eigenvalue weighted by Gasteiger charge is 2.39. The van der Waals surface area contributed by atoms with Crippen molar-refractivity contribution < 1.29 is 14.4 Å². The maximum Gasteiger partial charge on any atom is 0.255 e. The molecule has 0 aromatic heterocycles. The van der Waals surface area contributed by atoms with Crippen LogP contribution >= 0.6 is 0 Å². The number of nitrogens with zero attached hydrogens (tertiary/aromatic N) is 1. The average Bonchev–Trinajstić information content (AvgIpc) is 3.16. The lowest BCUT2D eigenvalue weighted by Crippen LogP contribution is -2.52. The van der Waals surface area contributed by atoms with Gasteiger partial charge < -0.3 is 15.5 Å². The molecule has 4 aliphatic rings. The number of hydrogen-bond acceptors (Lipinski definition) is 5. The average molecular weight is 382 g/mol. The van der Waals surface area contributed by atoms with Crippen molar-refractivity contribution in [2.24, 2.45) is 11.8 Å². The molecule has 0 radical (unpaired) electrons. The largest absolute Gasteiger partial charge is 0.322 e. The third kappa shape index (κ3) is 3.12. The summed E-state index contributed by atoms with van der Waals surface area (Å²) < 4.78 is 0. The standard InChI is InChI=1S/C21H26N4O3/c26-19-4-3-18(20(27)24-19)25-11-14-2-1-12(6-16(14)21(25)28)9-23-17-7-13-5-15(17)10-22-8-13/h1-2,6,13,15,17-18,22-23H,3-5,7-11H2,(H,24,26,27)/t13-,15-,17+,18?/m0/s1. The van der Waals surface area contributed by atoms with Gasteiger partial charge in [0, 0.05) is 31.1 Å². The minimum atomic E-state index is -0.551. The Morgan fingerprint density at radius 1 is 1.14 bits per heavy atom. The number of rotatable bonds is 4. The minimum absolute atomic E-state index is 0.104. The van der Waals surface area contributed by atoms with Crippen molar-refractivity contribution in [3.8, 4) is 0 Å². The molecule has 3 aliphatic heterocycles. The maximum absolute atomic E-state index is 12.9. The van der Waals surface area contributed by atoms with Crippen LogP contribution in [0.5, 0.6) is 0 Å². The Kier molecular flexibility index (Phi) is 4.44. The molecule has 3 amide bonds. The van der Waals surface area contributed by atoms with Gasteiger partial charge in [-0.15, -0.1) is 0 Å². The van der Waals surface area contributed by atoms with Crippen LogP contribution in [0.1, 0.15) is 47.2 Å². The summed E-state index contributed by atoms with van der Waals surface area (Å²) in [6.45, 7) is 3.43. The van der Waals surface area contributed by atoms with E-state index >= 15 is 0 Å². The van der Waals surface area contributed by atoms with Crippen LogP contribution in [0.2, 0.25) is 0 Å².